The maximum atomic E-state index is 13.3. The number of nitrogens with one attached hydrogen (secondary N) is 2. The van der Waals surface area contributed by atoms with Gasteiger partial charge in [0.15, 0.2) is 0 Å². The predicted molar refractivity (Wildman–Crippen MR) is 132 cm³/mol. The molecule has 2 N–H and O–H groups in total. The zero-order valence-electron chi connectivity index (χ0n) is 20.5. The minimum absolute atomic E-state index is 0.00231. The van der Waals surface area contributed by atoms with Gasteiger partial charge in [-0.15, -0.1) is 0 Å². The van der Waals surface area contributed by atoms with Crippen molar-refractivity contribution in [2.45, 2.75) is 79.1 Å². The van der Waals surface area contributed by atoms with E-state index in [0.717, 1.165) is 72.5 Å². The number of carbonyl (C=O) groups excluding carboxylic acids is 2. The highest BCUT2D eigenvalue weighted by Gasteiger charge is 2.32. The highest BCUT2D eigenvalue weighted by molar-refractivity contribution is 6.08. The molecule has 1 aliphatic rings. The van der Waals surface area contributed by atoms with Gasteiger partial charge in [-0.2, -0.15) is 0 Å². The summed E-state index contributed by atoms with van der Waals surface area (Å²) in [4.78, 5) is 29.6. The van der Waals surface area contributed by atoms with E-state index in [0.29, 0.717) is 13.0 Å². The summed E-state index contributed by atoms with van der Waals surface area (Å²) in [7, 11) is 3.59. The standard InChI is InChI=1S/C25H42N4O2/c1-7-10-11-12-16-27-23-22(26-9-3)19(14-8-2)21(25(31)28(5)6)18(4)24(23)29-17-13-15-20(29)30/h26-27H,7-17H2,1-6H3. The number of benzene rings is 1. The lowest BCUT2D eigenvalue weighted by atomic mass is 9.91. The van der Waals surface area contributed by atoms with Gasteiger partial charge in [0, 0.05) is 45.7 Å². The lowest BCUT2D eigenvalue weighted by molar-refractivity contribution is -0.117. The largest absolute Gasteiger partial charge is 0.383 e. The number of carbonyl (C=O) groups is 2. The first-order valence-corrected chi connectivity index (χ1v) is 12.1. The Bertz CT molecular complexity index is 774. The number of unbranched alkanes of at least 4 members (excludes halogenated alkanes) is 3. The molecule has 174 valence electrons. The van der Waals surface area contributed by atoms with Crippen molar-refractivity contribution >= 4 is 28.9 Å². The van der Waals surface area contributed by atoms with Crippen LogP contribution in [-0.2, 0) is 11.2 Å². The smallest absolute Gasteiger partial charge is 0.254 e. The average molecular weight is 431 g/mol. The van der Waals surface area contributed by atoms with Gasteiger partial charge in [-0.3, -0.25) is 9.59 Å². The maximum Gasteiger partial charge on any atom is 0.254 e. The van der Waals surface area contributed by atoms with Crippen LogP contribution in [0.2, 0.25) is 0 Å². The van der Waals surface area contributed by atoms with Crippen LogP contribution in [0, 0.1) is 6.92 Å². The summed E-state index contributed by atoms with van der Waals surface area (Å²) in [6, 6.07) is 0. The van der Waals surface area contributed by atoms with Crippen LogP contribution in [0.3, 0.4) is 0 Å². The second kappa shape index (κ2) is 12.0. The first-order valence-electron chi connectivity index (χ1n) is 12.1. The van der Waals surface area contributed by atoms with Crippen molar-refractivity contribution < 1.29 is 9.59 Å². The zero-order chi connectivity index (χ0) is 23.0. The molecule has 1 aliphatic heterocycles. The number of rotatable bonds is 12. The van der Waals surface area contributed by atoms with Gasteiger partial charge in [-0.05, 0) is 44.2 Å². The van der Waals surface area contributed by atoms with Crippen molar-refractivity contribution in [1.29, 1.82) is 0 Å². The minimum Gasteiger partial charge on any atom is -0.383 e. The molecule has 0 bridgehead atoms. The van der Waals surface area contributed by atoms with E-state index >= 15 is 0 Å². The molecule has 1 heterocycles. The third kappa shape index (κ3) is 5.72. The third-order valence-electron chi connectivity index (χ3n) is 5.97. The SMILES string of the molecule is CCCCCCNc1c(NCC)c(CCC)c(C(=O)N(C)C)c(C)c1N1CCCC1=O. The van der Waals surface area contributed by atoms with Gasteiger partial charge < -0.3 is 20.4 Å². The number of hydrogen-bond acceptors (Lipinski definition) is 4. The molecular weight excluding hydrogens is 388 g/mol. The predicted octanol–water partition coefficient (Wildman–Crippen LogP) is 5.20. The molecule has 2 rings (SSSR count). The van der Waals surface area contributed by atoms with E-state index < -0.39 is 0 Å². The second-order valence-corrected chi connectivity index (χ2v) is 8.69. The maximum absolute atomic E-state index is 13.3. The van der Waals surface area contributed by atoms with Crippen LogP contribution in [0.1, 0.15) is 87.2 Å². The number of nitrogens with zero attached hydrogens (tertiary/aromatic N) is 2. The van der Waals surface area contributed by atoms with Gasteiger partial charge in [-0.1, -0.05) is 39.5 Å². The van der Waals surface area contributed by atoms with E-state index in [1.165, 1.54) is 19.3 Å². The summed E-state index contributed by atoms with van der Waals surface area (Å²) in [5, 5.41) is 7.23. The highest BCUT2D eigenvalue weighted by Crippen LogP contribution is 2.44. The molecule has 0 aliphatic carbocycles. The van der Waals surface area contributed by atoms with Crippen molar-refractivity contribution in [1.82, 2.24) is 4.90 Å². The molecule has 0 atom stereocenters. The summed E-state index contributed by atoms with van der Waals surface area (Å²) in [6.07, 6.45) is 7.91. The molecule has 0 radical (unpaired) electrons. The van der Waals surface area contributed by atoms with E-state index in [4.69, 9.17) is 0 Å². The molecule has 1 saturated heterocycles. The monoisotopic (exact) mass is 430 g/mol. The molecule has 1 fully saturated rings. The molecular formula is C25H42N4O2. The van der Waals surface area contributed by atoms with Gasteiger partial charge in [0.2, 0.25) is 5.91 Å². The zero-order valence-corrected chi connectivity index (χ0v) is 20.5. The van der Waals surface area contributed by atoms with Crippen molar-refractivity contribution in [3.63, 3.8) is 0 Å². The van der Waals surface area contributed by atoms with Crippen LogP contribution in [-0.4, -0.2) is 50.4 Å². The van der Waals surface area contributed by atoms with E-state index in [2.05, 4.69) is 31.4 Å². The first kappa shape index (κ1) is 25.0. The summed E-state index contributed by atoms with van der Waals surface area (Å²) < 4.78 is 0. The Morgan fingerprint density at radius 3 is 2.32 bits per heavy atom. The summed E-state index contributed by atoms with van der Waals surface area (Å²) in [6.45, 7) is 10.8. The topological polar surface area (TPSA) is 64.7 Å². The van der Waals surface area contributed by atoms with E-state index in [9.17, 15) is 9.59 Å². The fourth-order valence-corrected chi connectivity index (χ4v) is 4.47. The molecule has 0 saturated carbocycles. The molecule has 0 aromatic heterocycles. The normalized spacial score (nSPS) is 13.6. The molecule has 2 amide bonds. The van der Waals surface area contributed by atoms with Crippen LogP contribution in [0.4, 0.5) is 17.1 Å². The molecule has 0 unspecified atom stereocenters. The van der Waals surface area contributed by atoms with Gasteiger partial charge in [0.05, 0.1) is 17.1 Å². The lowest BCUT2D eigenvalue weighted by Gasteiger charge is -2.30. The van der Waals surface area contributed by atoms with Gasteiger partial charge in [0.25, 0.3) is 5.91 Å². The molecule has 1 aromatic carbocycles. The lowest BCUT2D eigenvalue weighted by Crippen LogP contribution is -2.30. The Labute approximate surface area is 188 Å². The van der Waals surface area contributed by atoms with Crippen LogP contribution in [0.15, 0.2) is 0 Å². The van der Waals surface area contributed by atoms with E-state index in [1.807, 2.05) is 11.8 Å². The van der Waals surface area contributed by atoms with Gasteiger partial charge in [0.1, 0.15) is 0 Å². The summed E-state index contributed by atoms with van der Waals surface area (Å²) in [5.41, 5.74) is 5.59. The van der Waals surface area contributed by atoms with Crippen LogP contribution < -0.4 is 15.5 Å². The number of anilines is 3. The van der Waals surface area contributed by atoms with E-state index in [1.54, 1.807) is 19.0 Å². The quantitative estimate of drug-likeness (QED) is 0.447. The Morgan fingerprint density at radius 2 is 1.77 bits per heavy atom. The third-order valence-corrected chi connectivity index (χ3v) is 5.97. The van der Waals surface area contributed by atoms with Crippen LogP contribution >= 0.6 is 0 Å². The van der Waals surface area contributed by atoms with Crippen molar-refractivity contribution in [2.24, 2.45) is 0 Å². The summed E-state index contributed by atoms with van der Waals surface area (Å²) >= 11 is 0. The Kier molecular flexibility index (Phi) is 9.66. The van der Waals surface area contributed by atoms with Crippen molar-refractivity contribution in [3.05, 3.63) is 16.7 Å². The average Bonchev–Trinajstić information content (AvgIpc) is 3.15. The molecule has 31 heavy (non-hydrogen) atoms. The number of amides is 2. The van der Waals surface area contributed by atoms with Crippen LogP contribution in [0.5, 0.6) is 0 Å². The van der Waals surface area contributed by atoms with Crippen LogP contribution in [0.25, 0.3) is 0 Å². The molecule has 0 spiro atoms. The minimum atomic E-state index is 0.00231. The molecule has 6 nitrogen and oxygen atoms in total. The summed E-state index contributed by atoms with van der Waals surface area (Å²) in [5.74, 6) is 0.147. The number of hydrogen-bond donors (Lipinski definition) is 2. The Hall–Kier alpha value is -2.24. The Morgan fingerprint density at radius 1 is 1.03 bits per heavy atom. The second-order valence-electron chi connectivity index (χ2n) is 8.69. The molecule has 1 aromatic rings. The van der Waals surface area contributed by atoms with Crippen molar-refractivity contribution in [3.8, 4) is 0 Å². The first-order chi connectivity index (χ1) is 14.9. The fraction of sp³-hybridized carbons (Fsp3) is 0.680. The van der Waals surface area contributed by atoms with Crippen molar-refractivity contribution in [2.75, 3.05) is 49.3 Å². The Balaban J connectivity index is 2.70. The van der Waals surface area contributed by atoms with E-state index in [-0.39, 0.29) is 11.8 Å². The van der Waals surface area contributed by atoms with Gasteiger partial charge >= 0.3 is 0 Å². The molecule has 6 heteroatoms. The fourth-order valence-electron chi connectivity index (χ4n) is 4.47. The highest BCUT2D eigenvalue weighted by atomic mass is 16.2. The van der Waals surface area contributed by atoms with Gasteiger partial charge in [-0.25, -0.2) is 0 Å².